The van der Waals surface area contributed by atoms with Crippen LogP contribution in [0.2, 0.25) is 5.02 Å². The molecule has 0 aliphatic carbocycles. The van der Waals surface area contributed by atoms with Crippen LogP contribution in [-0.4, -0.2) is 62.9 Å². The van der Waals surface area contributed by atoms with Gasteiger partial charge in [-0.1, -0.05) is 29.8 Å². The minimum Gasteiger partial charge on any atom is -0.357 e. The third-order valence-electron chi connectivity index (χ3n) is 4.26. The summed E-state index contributed by atoms with van der Waals surface area (Å²) >= 11 is 6.21. The molecule has 1 saturated heterocycles. The van der Waals surface area contributed by atoms with Crippen LogP contribution in [-0.2, 0) is 21.2 Å². The molecule has 28 heavy (non-hydrogen) atoms. The zero-order valence-corrected chi connectivity index (χ0v) is 20.1. The first kappa shape index (κ1) is 25.0. The lowest BCUT2D eigenvalue weighted by molar-refractivity contribution is -0.121. The average molecular weight is 543 g/mol. The van der Waals surface area contributed by atoms with Crippen molar-refractivity contribution in [3.05, 3.63) is 34.9 Å². The second kappa shape index (κ2) is 11.8. The molecular formula is C18H28ClIN4O3S. The Bertz CT molecular complexity index is 789. The molecule has 2 rings (SSSR count). The molecule has 1 fully saturated rings. The van der Waals surface area contributed by atoms with E-state index in [0.717, 1.165) is 5.56 Å². The van der Waals surface area contributed by atoms with Crippen molar-refractivity contribution in [2.45, 2.75) is 32.4 Å². The van der Waals surface area contributed by atoms with Gasteiger partial charge in [0.25, 0.3) is 0 Å². The number of nitrogens with one attached hydrogen (secondary N) is 2. The minimum atomic E-state index is -3.00. The van der Waals surface area contributed by atoms with Gasteiger partial charge in [0.05, 0.1) is 18.1 Å². The lowest BCUT2D eigenvalue weighted by Gasteiger charge is -2.22. The van der Waals surface area contributed by atoms with E-state index in [4.69, 9.17) is 11.6 Å². The number of sulfone groups is 1. The number of benzene rings is 1. The lowest BCUT2D eigenvalue weighted by atomic mass is 10.2. The Balaban J connectivity index is 0.00000392. The molecule has 0 spiro atoms. The SMILES string of the molecule is CCNC(=NCCC(=O)NC1CCS(=O)(=O)C1)N(C)Cc1ccccc1Cl.I. The molecular weight excluding hydrogens is 515 g/mol. The average Bonchev–Trinajstić information content (AvgIpc) is 2.94. The van der Waals surface area contributed by atoms with Crippen LogP contribution < -0.4 is 10.6 Å². The van der Waals surface area contributed by atoms with E-state index in [1.807, 2.05) is 43.1 Å². The van der Waals surface area contributed by atoms with E-state index in [1.165, 1.54) is 0 Å². The number of hydrogen-bond acceptors (Lipinski definition) is 4. The van der Waals surface area contributed by atoms with Crippen molar-refractivity contribution >= 4 is 57.3 Å². The topological polar surface area (TPSA) is 90.9 Å². The first-order valence-electron chi connectivity index (χ1n) is 9.03. The van der Waals surface area contributed by atoms with E-state index < -0.39 is 9.84 Å². The Labute approximate surface area is 189 Å². The maximum Gasteiger partial charge on any atom is 0.222 e. The van der Waals surface area contributed by atoms with E-state index in [-0.39, 0.29) is 53.9 Å². The number of guanidine groups is 1. The molecule has 0 bridgehead atoms. The predicted molar refractivity (Wildman–Crippen MR) is 124 cm³/mol. The monoisotopic (exact) mass is 542 g/mol. The van der Waals surface area contributed by atoms with Crippen LogP contribution in [0.3, 0.4) is 0 Å². The maximum atomic E-state index is 12.0. The Morgan fingerprint density at radius 3 is 2.68 bits per heavy atom. The highest BCUT2D eigenvalue weighted by molar-refractivity contribution is 14.0. The van der Waals surface area contributed by atoms with Gasteiger partial charge in [0.2, 0.25) is 5.91 Å². The van der Waals surface area contributed by atoms with Crippen molar-refractivity contribution in [2.24, 2.45) is 4.99 Å². The fourth-order valence-electron chi connectivity index (χ4n) is 2.90. The second-order valence-corrected chi connectivity index (χ2v) is 9.24. The molecule has 1 aromatic carbocycles. The summed E-state index contributed by atoms with van der Waals surface area (Å²) in [5.41, 5.74) is 0.993. The summed E-state index contributed by atoms with van der Waals surface area (Å²) in [6.07, 6.45) is 0.700. The van der Waals surface area contributed by atoms with Crippen molar-refractivity contribution in [1.29, 1.82) is 0 Å². The van der Waals surface area contributed by atoms with Crippen molar-refractivity contribution in [3.63, 3.8) is 0 Å². The van der Waals surface area contributed by atoms with Crippen molar-refractivity contribution in [1.82, 2.24) is 15.5 Å². The van der Waals surface area contributed by atoms with E-state index in [2.05, 4.69) is 15.6 Å². The van der Waals surface area contributed by atoms with E-state index in [9.17, 15) is 13.2 Å². The van der Waals surface area contributed by atoms with Crippen LogP contribution in [0, 0.1) is 0 Å². The highest BCUT2D eigenvalue weighted by Crippen LogP contribution is 2.16. The zero-order valence-electron chi connectivity index (χ0n) is 16.2. The molecule has 1 aromatic rings. The van der Waals surface area contributed by atoms with Gasteiger partial charge >= 0.3 is 0 Å². The summed E-state index contributed by atoms with van der Waals surface area (Å²) in [7, 11) is -1.09. The lowest BCUT2D eigenvalue weighted by Crippen LogP contribution is -2.39. The Morgan fingerprint density at radius 2 is 2.07 bits per heavy atom. The second-order valence-electron chi connectivity index (χ2n) is 6.60. The van der Waals surface area contributed by atoms with E-state index in [1.54, 1.807) is 0 Å². The highest BCUT2D eigenvalue weighted by Gasteiger charge is 2.28. The molecule has 10 heteroatoms. The molecule has 0 aromatic heterocycles. The van der Waals surface area contributed by atoms with Gasteiger partial charge in [0, 0.05) is 37.6 Å². The molecule has 1 heterocycles. The number of nitrogens with zero attached hydrogens (tertiary/aromatic N) is 2. The summed E-state index contributed by atoms with van der Waals surface area (Å²) in [6, 6.07) is 7.36. The van der Waals surface area contributed by atoms with Gasteiger partial charge in [-0.2, -0.15) is 0 Å². The zero-order chi connectivity index (χ0) is 19.9. The third kappa shape index (κ3) is 8.12. The summed E-state index contributed by atoms with van der Waals surface area (Å²) in [4.78, 5) is 18.5. The summed E-state index contributed by atoms with van der Waals surface area (Å²) in [5.74, 6) is 0.692. The minimum absolute atomic E-state index is 0. The normalized spacial score (nSPS) is 18.2. The third-order valence-corrected chi connectivity index (χ3v) is 6.40. The Hall–Kier alpha value is -1.07. The Morgan fingerprint density at radius 1 is 1.36 bits per heavy atom. The molecule has 0 saturated carbocycles. The molecule has 2 N–H and O–H groups in total. The van der Waals surface area contributed by atoms with Crippen LogP contribution in [0.4, 0.5) is 0 Å². The number of aliphatic imine (C=N–C) groups is 1. The molecule has 7 nitrogen and oxygen atoms in total. The van der Waals surface area contributed by atoms with Crippen molar-refractivity contribution in [3.8, 4) is 0 Å². The largest absolute Gasteiger partial charge is 0.357 e. The molecule has 1 amide bonds. The summed E-state index contributed by atoms with van der Waals surface area (Å²) in [5, 5.41) is 6.68. The van der Waals surface area contributed by atoms with Crippen molar-refractivity contribution in [2.75, 3.05) is 31.6 Å². The molecule has 1 aliphatic heterocycles. The quantitative estimate of drug-likeness (QED) is 0.313. The molecule has 1 unspecified atom stereocenters. The highest BCUT2D eigenvalue weighted by atomic mass is 127. The van der Waals surface area contributed by atoms with Gasteiger partial charge in [-0.05, 0) is 25.0 Å². The number of carbonyl (C=O) groups is 1. The van der Waals surface area contributed by atoms with Crippen LogP contribution in [0.15, 0.2) is 29.3 Å². The van der Waals surface area contributed by atoms with Gasteiger partial charge in [0.15, 0.2) is 15.8 Å². The molecule has 1 atom stereocenters. The number of amides is 1. The van der Waals surface area contributed by atoms with E-state index >= 15 is 0 Å². The van der Waals surface area contributed by atoms with Gasteiger partial charge in [-0.15, -0.1) is 24.0 Å². The van der Waals surface area contributed by atoms with E-state index in [0.29, 0.717) is 37.0 Å². The molecule has 0 radical (unpaired) electrons. The smallest absolute Gasteiger partial charge is 0.222 e. The van der Waals surface area contributed by atoms with Gasteiger partial charge in [0.1, 0.15) is 0 Å². The Kier molecular flexibility index (Phi) is 10.5. The van der Waals surface area contributed by atoms with Crippen LogP contribution >= 0.6 is 35.6 Å². The standard InChI is InChI=1S/C18H27ClN4O3S.HI/c1-3-20-18(23(2)12-14-6-4-5-7-16(14)19)21-10-8-17(24)22-15-9-11-27(25,26)13-15;/h4-7,15H,3,8-13H2,1-2H3,(H,20,21)(H,22,24);1H. The fraction of sp³-hybridized carbons (Fsp3) is 0.556. The van der Waals surface area contributed by atoms with Crippen LogP contribution in [0.25, 0.3) is 0 Å². The summed E-state index contributed by atoms with van der Waals surface area (Å²) in [6.45, 7) is 3.60. The van der Waals surface area contributed by atoms with Gasteiger partial charge in [-0.3, -0.25) is 9.79 Å². The number of hydrogen-bond donors (Lipinski definition) is 2. The van der Waals surface area contributed by atoms with Crippen LogP contribution in [0.1, 0.15) is 25.3 Å². The molecule has 1 aliphatic rings. The van der Waals surface area contributed by atoms with Crippen LogP contribution in [0.5, 0.6) is 0 Å². The first-order chi connectivity index (χ1) is 12.8. The van der Waals surface area contributed by atoms with Gasteiger partial charge in [-0.25, -0.2) is 8.42 Å². The van der Waals surface area contributed by atoms with Crippen molar-refractivity contribution < 1.29 is 13.2 Å². The number of halogens is 2. The number of rotatable bonds is 7. The first-order valence-corrected chi connectivity index (χ1v) is 11.2. The fourth-order valence-corrected chi connectivity index (χ4v) is 4.77. The predicted octanol–water partition coefficient (Wildman–Crippen LogP) is 2.05. The van der Waals surface area contributed by atoms with Gasteiger partial charge < -0.3 is 15.5 Å². The maximum absolute atomic E-state index is 12.0. The summed E-state index contributed by atoms with van der Waals surface area (Å²) < 4.78 is 22.9. The molecule has 158 valence electrons. The number of carbonyl (C=O) groups excluding carboxylic acids is 1.